The SMILES string of the molecule is C/C=C(\C)C(=O)N1CC[C@](C)(C(=O)O)C1. The van der Waals surface area contributed by atoms with Crippen molar-refractivity contribution in [2.24, 2.45) is 5.41 Å². The van der Waals surface area contributed by atoms with E-state index in [1.807, 2.05) is 0 Å². The minimum absolute atomic E-state index is 0.0533. The molecule has 1 N–H and O–H groups in total. The quantitative estimate of drug-likeness (QED) is 0.700. The number of hydrogen-bond donors (Lipinski definition) is 1. The van der Waals surface area contributed by atoms with Crippen molar-refractivity contribution in [2.45, 2.75) is 27.2 Å². The van der Waals surface area contributed by atoms with Crippen LogP contribution in [-0.2, 0) is 9.59 Å². The number of allylic oxidation sites excluding steroid dienone is 1. The number of carboxylic acid groups (broad SMARTS) is 1. The van der Waals surface area contributed by atoms with Crippen molar-refractivity contribution in [1.82, 2.24) is 4.90 Å². The Bertz CT molecular complexity index is 322. The fraction of sp³-hybridized carbons (Fsp3) is 0.636. The summed E-state index contributed by atoms with van der Waals surface area (Å²) in [5.41, 5.74) is -0.103. The van der Waals surface area contributed by atoms with E-state index in [1.165, 1.54) is 0 Å². The second-order valence-electron chi connectivity index (χ2n) is 4.31. The van der Waals surface area contributed by atoms with E-state index in [9.17, 15) is 9.59 Å². The zero-order valence-electron chi connectivity index (χ0n) is 9.41. The second-order valence-corrected chi connectivity index (χ2v) is 4.31. The molecule has 0 unspecified atom stereocenters. The summed E-state index contributed by atoms with van der Waals surface area (Å²) in [7, 11) is 0. The highest BCUT2D eigenvalue weighted by molar-refractivity contribution is 5.93. The molecule has 1 rings (SSSR count). The van der Waals surface area contributed by atoms with E-state index < -0.39 is 11.4 Å². The van der Waals surface area contributed by atoms with Gasteiger partial charge >= 0.3 is 5.97 Å². The molecule has 0 saturated carbocycles. The number of nitrogens with zero attached hydrogens (tertiary/aromatic N) is 1. The number of hydrogen-bond acceptors (Lipinski definition) is 2. The zero-order chi connectivity index (χ0) is 11.6. The normalized spacial score (nSPS) is 26.9. The van der Waals surface area contributed by atoms with E-state index in [4.69, 9.17) is 5.11 Å². The standard InChI is InChI=1S/C11H17NO3/c1-4-8(2)9(13)12-6-5-11(3,7-12)10(14)15/h4H,5-7H2,1-3H3,(H,14,15)/b8-4+/t11-/m0/s1. The average Bonchev–Trinajstić information content (AvgIpc) is 2.60. The van der Waals surface area contributed by atoms with Crippen LogP contribution in [0.4, 0.5) is 0 Å². The van der Waals surface area contributed by atoms with Crippen molar-refractivity contribution in [1.29, 1.82) is 0 Å². The van der Waals surface area contributed by atoms with Gasteiger partial charge in [0.15, 0.2) is 0 Å². The van der Waals surface area contributed by atoms with Gasteiger partial charge in [0.05, 0.1) is 5.41 Å². The Morgan fingerprint density at radius 1 is 1.47 bits per heavy atom. The van der Waals surface area contributed by atoms with Gasteiger partial charge in [0, 0.05) is 18.7 Å². The molecule has 0 bridgehead atoms. The van der Waals surface area contributed by atoms with Gasteiger partial charge in [-0.2, -0.15) is 0 Å². The number of amides is 1. The Morgan fingerprint density at radius 3 is 2.47 bits per heavy atom. The van der Waals surface area contributed by atoms with Crippen LogP contribution in [0.15, 0.2) is 11.6 Å². The molecule has 4 nitrogen and oxygen atoms in total. The molecule has 0 aromatic carbocycles. The van der Waals surface area contributed by atoms with Crippen LogP contribution < -0.4 is 0 Å². The van der Waals surface area contributed by atoms with Crippen LogP contribution in [0.3, 0.4) is 0 Å². The summed E-state index contributed by atoms with van der Waals surface area (Å²) in [6.07, 6.45) is 2.28. The van der Waals surface area contributed by atoms with Gasteiger partial charge < -0.3 is 10.0 Å². The predicted octanol–water partition coefficient (Wildman–Crippen LogP) is 1.28. The van der Waals surface area contributed by atoms with Gasteiger partial charge in [0.1, 0.15) is 0 Å². The van der Waals surface area contributed by atoms with Gasteiger partial charge in [-0.05, 0) is 27.2 Å². The van der Waals surface area contributed by atoms with E-state index >= 15 is 0 Å². The summed E-state index contributed by atoms with van der Waals surface area (Å²) in [5, 5.41) is 9.02. The van der Waals surface area contributed by atoms with Gasteiger partial charge in [-0.25, -0.2) is 0 Å². The average molecular weight is 211 g/mol. The lowest BCUT2D eigenvalue weighted by Crippen LogP contribution is -2.35. The molecule has 1 atom stereocenters. The summed E-state index contributed by atoms with van der Waals surface area (Å²) in [4.78, 5) is 24.3. The highest BCUT2D eigenvalue weighted by Gasteiger charge is 2.42. The van der Waals surface area contributed by atoms with Crippen LogP contribution in [0.1, 0.15) is 27.2 Å². The van der Waals surface area contributed by atoms with Crippen molar-refractivity contribution in [2.75, 3.05) is 13.1 Å². The van der Waals surface area contributed by atoms with Crippen molar-refractivity contribution >= 4 is 11.9 Å². The zero-order valence-corrected chi connectivity index (χ0v) is 9.41. The van der Waals surface area contributed by atoms with Crippen LogP contribution in [0.25, 0.3) is 0 Å². The number of carbonyl (C=O) groups excluding carboxylic acids is 1. The molecule has 1 aliphatic rings. The van der Waals surface area contributed by atoms with E-state index in [-0.39, 0.29) is 5.91 Å². The second kappa shape index (κ2) is 4.04. The van der Waals surface area contributed by atoms with Crippen molar-refractivity contribution in [3.63, 3.8) is 0 Å². The fourth-order valence-corrected chi connectivity index (χ4v) is 1.68. The first-order chi connectivity index (χ1) is 6.90. The largest absolute Gasteiger partial charge is 0.481 e. The number of rotatable bonds is 2. The molecule has 1 heterocycles. The van der Waals surface area contributed by atoms with Gasteiger partial charge in [-0.15, -0.1) is 0 Å². The van der Waals surface area contributed by atoms with Gasteiger partial charge in [0.2, 0.25) is 5.91 Å². The predicted molar refractivity (Wildman–Crippen MR) is 56.4 cm³/mol. The number of aliphatic carboxylic acids is 1. The Balaban J connectivity index is 2.73. The van der Waals surface area contributed by atoms with E-state index in [0.717, 1.165) is 0 Å². The molecule has 0 aromatic rings. The topological polar surface area (TPSA) is 57.6 Å². The minimum Gasteiger partial charge on any atom is -0.481 e. The molecule has 4 heteroatoms. The van der Waals surface area contributed by atoms with Gasteiger partial charge in [0.25, 0.3) is 0 Å². The summed E-state index contributed by atoms with van der Waals surface area (Å²) in [6.45, 7) is 6.09. The summed E-state index contributed by atoms with van der Waals surface area (Å²) in [6, 6.07) is 0. The maximum atomic E-state index is 11.8. The first-order valence-electron chi connectivity index (χ1n) is 5.06. The third-order valence-electron chi connectivity index (χ3n) is 3.05. The summed E-state index contributed by atoms with van der Waals surface area (Å²) in [5.74, 6) is -0.876. The van der Waals surface area contributed by atoms with Crippen molar-refractivity contribution in [3.8, 4) is 0 Å². The smallest absolute Gasteiger partial charge is 0.311 e. The highest BCUT2D eigenvalue weighted by atomic mass is 16.4. The minimum atomic E-state index is -0.823. The molecule has 1 saturated heterocycles. The van der Waals surface area contributed by atoms with Crippen LogP contribution in [0, 0.1) is 5.41 Å². The lowest BCUT2D eigenvalue weighted by Gasteiger charge is -2.20. The Hall–Kier alpha value is -1.32. The number of likely N-dealkylation sites (tertiary alicyclic amines) is 1. The number of carbonyl (C=O) groups is 2. The molecular weight excluding hydrogens is 194 g/mol. The lowest BCUT2D eigenvalue weighted by atomic mass is 9.90. The molecular formula is C11H17NO3. The van der Waals surface area contributed by atoms with Crippen molar-refractivity contribution < 1.29 is 14.7 Å². The maximum Gasteiger partial charge on any atom is 0.311 e. The van der Waals surface area contributed by atoms with Crippen LogP contribution in [-0.4, -0.2) is 35.0 Å². The molecule has 0 aromatic heterocycles. The van der Waals surface area contributed by atoms with Crippen LogP contribution in [0.5, 0.6) is 0 Å². The van der Waals surface area contributed by atoms with E-state index in [0.29, 0.717) is 25.1 Å². The fourth-order valence-electron chi connectivity index (χ4n) is 1.68. The van der Waals surface area contributed by atoms with Crippen LogP contribution in [0.2, 0.25) is 0 Å². The Labute approximate surface area is 89.6 Å². The molecule has 1 aliphatic heterocycles. The Morgan fingerprint density at radius 2 is 2.07 bits per heavy atom. The first kappa shape index (κ1) is 11.8. The van der Waals surface area contributed by atoms with Crippen LogP contribution >= 0.6 is 0 Å². The third-order valence-corrected chi connectivity index (χ3v) is 3.05. The summed E-state index contributed by atoms with van der Waals surface area (Å²) < 4.78 is 0. The molecule has 1 amide bonds. The van der Waals surface area contributed by atoms with Crippen molar-refractivity contribution in [3.05, 3.63) is 11.6 Å². The first-order valence-corrected chi connectivity index (χ1v) is 5.06. The highest BCUT2D eigenvalue weighted by Crippen LogP contribution is 2.30. The molecule has 1 fully saturated rings. The molecule has 0 aliphatic carbocycles. The monoisotopic (exact) mass is 211 g/mol. The lowest BCUT2D eigenvalue weighted by molar-refractivity contribution is -0.147. The van der Waals surface area contributed by atoms with Gasteiger partial charge in [-0.3, -0.25) is 9.59 Å². The molecule has 0 spiro atoms. The molecule has 84 valence electrons. The summed E-state index contributed by atoms with van der Waals surface area (Å²) >= 11 is 0. The van der Waals surface area contributed by atoms with Gasteiger partial charge in [-0.1, -0.05) is 6.08 Å². The molecule has 15 heavy (non-hydrogen) atoms. The Kier molecular flexibility index (Phi) is 3.17. The maximum absolute atomic E-state index is 11.8. The van der Waals surface area contributed by atoms with E-state index in [1.54, 1.807) is 31.7 Å². The third kappa shape index (κ3) is 2.19. The molecule has 0 radical (unpaired) electrons. The van der Waals surface area contributed by atoms with E-state index in [2.05, 4.69) is 0 Å². The number of carboxylic acids is 1.